The van der Waals surface area contributed by atoms with Crippen LogP contribution in [-0.2, 0) is 16.0 Å². The van der Waals surface area contributed by atoms with Gasteiger partial charge in [-0.1, -0.05) is 19.3 Å². The fourth-order valence-corrected chi connectivity index (χ4v) is 4.14. The molecular weight excluding hydrogens is 356 g/mol. The van der Waals surface area contributed by atoms with Crippen molar-refractivity contribution >= 4 is 17.5 Å². The van der Waals surface area contributed by atoms with Crippen LogP contribution >= 0.6 is 0 Å². The normalized spacial score (nSPS) is 17.0. The largest absolute Gasteiger partial charge is 0.494 e. The first-order valence-corrected chi connectivity index (χ1v) is 10.6. The predicted octanol–water partition coefficient (Wildman–Crippen LogP) is 3.13. The average Bonchev–Trinajstić information content (AvgIpc) is 2.71. The van der Waals surface area contributed by atoms with E-state index in [9.17, 15) is 14.7 Å². The Morgan fingerprint density at radius 1 is 1.21 bits per heavy atom. The van der Waals surface area contributed by atoms with Crippen LogP contribution in [0.4, 0.5) is 5.69 Å². The SMILES string of the molecule is O=C1CCc2cc(OCCCC(=O)N(CCO)CC3CCCCC3)ccc2N1. The van der Waals surface area contributed by atoms with E-state index >= 15 is 0 Å². The molecule has 0 bridgehead atoms. The van der Waals surface area contributed by atoms with Crippen LogP contribution < -0.4 is 10.1 Å². The first kappa shape index (κ1) is 20.6. The molecule has 2 aliphatic rings. The van der Waals surface area contributed by atoms with Crippen molar-refractivity contribution in [2.45, 2.75) is 57.8 Å². The molecule has 1 aromatic rings. The van der Waals surface area contributed by atoms with Crippen molar-refractivity contribution in [3.05, 3.63) is 23.8 Å². The minimum Gasteiger partial charge on any atom is -0.494 e. The fourth-order valence-electron chi connectivity index (χ4n) is 4.14. The van der Waals surface area contributed by atoms with E-state index in [4.69, 9.17) is 4.74 Å². The van der Waals surface area contributed by atoms with Crippen LogP contribution in [0.15, 0.2) is 18.2 Å². The van der Waals surface area contributed by atoms with Crippen LogP contribution in [0, 0.1) is 5.92 Å². The molecule has 0 atom stereocenters. The second-order valence-electron chi connectivity index (χ2n) is 7.89. The minimum atomic E-state index is 0.0145. The molecular formula is C22H32N2O4. The number of hydrogen-bond donors (Lipinski definition) is 2. The molecule has 1 aromatic carbocycles. The number of amides is 2. The number of nitrogens with zero attached hydrogens (tertiary/aromatic N) is 1. The standard InChI is InChI=1S/C22H32N2O4/c25-13-12-24(16-17-5-2-1-3-6-17)22(27)7-4-14-28-19-9-10-20-18(15-19)8-11-21(26)23-20/h9-10,15,17,25H,1-8,11-14,16H2,(H,23,26). The van der Waals surface area contributed by atoms with Crippen molar-refractivity contribution in [2.24, 2.45) is 5.92 Å². The van der Waals surface area contributed by atoms with Crippen LogP contribution in [-0.4, -0.2) is 48.1 Å². The number of hydrogen-bond acceptors (Lipinski definition) is 4. The van der Waals surface area contributed by atoms with Gasteiger partial charge in [0.15, 0.2) is 0 Å². The van der Waals surface area contributed by atoms with E-state index in [0.29, 0.717) is 38.3 Å². The quantitative estimate of drug-likeness (QED) is 0.637. The van der Waals surface area contributed by atoms with E-state index in [-0.39, 0.29) is 18.4 Å². The van der Waals surface area contributed by atoms with Gasteiger partial charge in [0.05, 0.1) is 13.2 Å². The summed E-state index contributed by atoms with van der Waals surface area (Å²) < 4.78 is 5.81. The average molecular weight is 389 g/mol. The van der Waals surface area contributed by atoms with Gasteiger partial charge < -0.3 is 20.1 Å². The van der Waals surface area contributed by atoms with Gasteiger partial charge in [-0.05, 0) is 55.4 Å². The summed E-state index contributed by atoms with van der Waals surface area (Å²) in [6.45, 7) is 1.69. The Morgan fingerprint density at radius 3 is 2.82 bits per heavy atom. The van der Waals surface area contributed by atoms with E-state index in [1.165, 1.54) is 32.1 Å². The summed E-state index contributed by atoms with van der Waals surface area (Å²) in [5, 5.41) is 12.2. The molecule has 0 spiro atoms. The Kier molecular flexibility index (Phi) is 7.71. The van der Waals surface area contributed by atoms with Crippen LogP contribution in [0.3, 0.4) is 0 Å². The van der Waals surface area contributed by atoms with Crippen molar-refractivity contribution in [3.63, 3.8) is 0 Å². The highest BCUT2D eigenvalue weighted by Crippen LogP contribution is 2.27. The van der Waals surface area contributed by atoms with Gasteiger partial charge in [0.25, 0.3) is 0 Å². The lowest BCUT2D eigenvalue weighted by molar-refractivity contribution is -0.132. The molecule has 28 heavy (non-hydrogen) atoms. The van der Waals surface area contributed by atoms with Gasteiger partial charge in [0, 0.05) is 31.6 Å². The van der Waals surface area contributed by atoms with E-state index < -0.39 is 0 Å². The summed E-state index contributed by atoms with van der Waals surface area (Å²) >= 11 is 0. The molecule has 2 amide bonds. The highest BCUT2D eigenvalue weighted by Gasteiger charge is 2.20. The second-order valence-corrected chi connectivity index (χ2v) is 7.89. The second kappa shape index (κ2) is 10.5. The zero-order valence-corrected chi connectivity index (χ0v) is 16.6. The third-order valence-electron chi connectivity index (χ3n) is 5.70. The van der Waals surface area contributed by atoms with Crippen molar-refractivity contribution in [2.75, 3.05) is 31.6 Å². The lowest BCUT2D eigenvalue weighted by Crippen LogP contribution is -2.38. The number of ether oxygens (including phenoxy) is 1. The van der Waals surface area contributed by atoms with Crippen molar-refractivity contribution in [1.29, 1.82) is 0 Å². The summed E-state index contributed by atoms with van der Waals surface area (Å²) in [6.07, 6.45) is 8.52. The van der Waals surface area contributed by atoms with Gasteiger partial charge in [-0.15, -0.1) is 0 Å². The monoisotopic (exact) mass is 388 g/mol. The molecule has 1 heterocycles. The topological polar surface area (TPSA) is 78.9 Å². The molecule has 1 fully saturated rings. The molecule has 2 N–H and O–H groups in total. The van der Waals surface area contributed by atoms with E-state index in [2.05, 4.69) is 5.32 Å². The van der Waals surface area contributed by atoms with E-state index in [0.717, 1.165) is 30.0 Å². The number of aryl methyl sites for hydroxylation is 1. The lowest BCUT2D eigenvalue weighted by atomic mass is 9.89. The predicted molar refractivity (Wildman–Crippen MR) is 108 cm³/mol. The van der Waals surface area contributed by atoms with Gasteiger partial charge in [-0.2, -0.15) is 0 Å². The van der Waals surface area contributed by atoms with Crippen molar-refractivity contribution in [1.82, 2.24) is 4.90 Å². The fraction of sp³-hybridized carbons (Fsp3) is 0.636. The Balaban J connectivity index is 1.41. The molecule has 6 nitrogen and oxygen atoms in total. The zero-order valence-electron chi connectivity index (χ0n) is 16.6. The van der Waals surface area contributed by atoms with Gasteiger partial charge in [0.2, 0.25) is 11.8 Å². The summed E-state index contributed by atoms with van der Waals surface area (Å²) in [5.41, 5.74) is 1.95. The molecule has 6 heteroatoms. The Bertz CT molecular complexity index is 671. The van der Waals surface area contributed by atoms with Crippen LogP contribution in [0.5, 0.6) is 5.75 Å². The summed E-state index contributed by atoms with van der Waals surface area (Å²) in [7, 11) is 0. The number of aliphatic hydroxyl groups is 1. The number of carbonyl (C=O) groups excluding carboxylic acids is 2. The number of anilines is 1. The molecule has 1 aliphatic heterocycles. The van der Waals surface area contributed by atoms with E-state index in [1.54, 1.807) is 0 Å². The van der Waals surface area contributed by atoms with Gasteiger partial charge in [0.1, 0.15) is 5.75 Å². The summed E-state index contributed by atoms with van der Waals surface area (Å²) in [4.78, 5) is 25.8. The van der Waals surface area contributed by atoms with Gasteiger partial charge in [-0.3, -0.25) is 9.59 Å². The first-order valence-electron chi connectivity index (χ1n) is 10.6. The maximum atomic E-state index is 12.6. The maximum Gasteiger partial charge on any atom is 0.224 e. The third kappa shape index (κ3) is 5.96. The molecule has 0 saturated heterocycles. The smallest absolute Gasteiger partial charge is 0.224 e. The Hall–Kier alpha value is -2.08. The van der Waals surface area contributed by atoms with Crippen molar-refractivity contribution in [3.8, 4) is 5.75 Å². The van der Waals surface area contributed by atoms with Crippen LogP contribution in [0.25, 0.3) is 0 Å². The van der Waals surface area contributed by atoms with E-state index in [1.807, 2.05) is 23.1 Å². The molecule has 1 aliphatic carbocycles. The number of rotatable bonds is 9. The number of aliphatic hydroxyl groups excluding tert-OH is 1. The van der Waals surface area contributed by atoms with Crippen molar-refractivity contribution < 1.29 is 19.4 Å². The highest BCUT2D eigenvalue weighted by molar-refractivity contribution is 5.94. The van der Waals surface area contributed by atoms with Crippen LogP contribution in [0.2, 0.25) is 0 Å². The number of carbonyl (C=O) groups is 2. The number of fused-ring (bicyclic) bond motifs is 1. The highest BCUT2D eigenvalue weighted by atomic mass is 16.5. The summed E-state index contributed by atoms with van der Waals surface area (Å²) in [5.74, 6) is 1.52. The lowest BCUT2D eigenvalue weighted by Gasteiger charge is -2.29. The van der Waals surface area contributed by atoms with Gasteiger partial charge >= 0.3 is 0 Å². The summed E-state index contributed by atoms with van der Waals surface area (Å²) in [6, 6.07) is 5.70. The first-order chi connectivity index (χ1) is 13.7. The minimum absolute atomic E-state index is 0.0145. The molecule has 0 aromatic heterocycles. The molecule has 3 rings (SSSR count). The third-order valence-corrected chi connectivity index (χ3v) is 5.70. The number of benzene rings is 1. The maximum absolute atomic E-state index is 12.6. The Labute approximate surface area is 167 Å². The van der Waals surface area contributed by atoms with Gasteiger partial charge in [-0.25, -0.2) is 0 Å². The number of nitrogens with one attached hydrogen (secondary N) is 1. The zero-order chi connectivity index (χ0) is 19.8. The molecule has 0 radical (unpaired) electrons. The molecule has 1 saturated carbocycles. The molecule has 154 valence electrons. The van der Waals surface area contributed by atoms with Crippen LogP contribution in [0.1, 0.15) is 56.9 Å². The molecule has 0 unspecified atom stereocenters. The Morgan fingerprint density at radius 2 is 2.04 bits per heavy atom.